The number of amides is 1. The van der Waals surface area contributed by atoms with E-state index in [0.717, 1.165) is 43.3 Å². The lowest BCUT2D eigenvalue weighted by molar-refractivity contribution is -0.495. The maximum atomic E-state index is 13.9. The van der Waals surface area contributed by atoms with Crippen molar-refractivity contribution in [1.29, 1.82) is 0 Å². The van der Waals surface area contributed by atoms with Crippen molar-refractivity contribution in [2.24, 2.45) is 16.7 Å². The van der Waals surface area contributed by atoms with Gasteiger partial charge in [0.25, 0.3) is 8.32 Å². The fourth-order valence-corrected chi connectivity index (χ4v) is 16.7. The fourth-order valence-electron chi connectivity index (χ4n) is 9.55. The lowest BCUT2D eigenvalue weighted by Gasteiger charge is -2.43. The predicted molar refractivity (Wildman–Crippen MR) is 182 cm³/mol. The second-order valence-corrected chi connectivity index (χ2v) is 21.7. The zero-order valence-electron chi connectivity index (χ0n) is 27.6. The van der Waals surface area contributed by atoms with Gasteiger partial charge in [-0.05, 0) is 65.3 Å². The van der Waals surface area contributed by atoms with Crippen LogP contribution in [0.5, 0.6) is 0 Å². The van der Waals surface area contributed by atoms with Gasteiger partial charge in [-0.25, -0.2) is 17.5 Å². The van der Waals surface area contributed by atoms with Crippen LogP contribution in [-0.4, -0.2) is 61.8 Å². The van der Waals surface area contributed by atoms with Crippen LogP contribution in [0.4, 0.5) is 0 Å². The minimum Gasteiger partial charge on any atom is -0.623 e. The Hall–Kier alpha value is -2.49. The number of hydrogen-bond acceptors (Lipinski definition) is 5. The molecule has 4 aliphatic rings. The molecule has 244 valence electrons. The van der Waals surface area contributed by atoms with Crippen molar-refractivity contribution in [3.8, 4) is 0 Å². The molecule has 2 saturated carbocycles. The molecular formula is C36H50N2O5SSi. The molecule has 6 rings (SSSR count). The molecule has 0 radical (unpaired) electrons. The summed E-state index contributed by atoms with van der Waals surface area (Å²) in [7, 11) is -6.37. The Morgan fingerprint density at radius 1 is 1.02 bits per heavy atom. The molecule has 1 unspecified atom stereocenters. The molecule has 2 aliphatic heterocycles. The molecule has 2 aliphatic carbocycles. The van der Waals surface area contributed by atoms with E-state index in [9.17, 15) is 18.4 Å². The second kappa shape index (κ2) is 11.6. The van der Waals surface area contributed by atoms with E-state index < -0.39 is 30.3 Å². The highest BCUT2D eigenvalue weighted by molar-refractivity contribution is 7.90. The van der Waals surface area contributed by atoms with Gasteiger partial charge in [-0.1, -0.05) is 95.3 Å². The van der Waals surface area contributed by atoms with Crippen LogP contribution in [0, 0.1) is 22.0 Å². The summed E-state index contributed by atoms with van der Waals surface area (Å²) in [5, 5.41) is 16.0. The number of hydrogen-bond donors (Lipinski definition) is 0. The maximum absolute atomic E-state index is 13.9. The monoisotopic (exact) mass is 650 g/mol. The third-order valence-corrected chi connectivity index (χ3v) is 19.0. The highest BCUT2D eigenvalue weighted by atomic mass is 32.2. The van der Waals surface area contributed by atoms with E-state index in [1.54, 1.807) is 0 Å². The van der Waals surface area contributed by atoms with Gasteiger partial charge in [-0.15, -0.1) is 0 Å². The summed E-state index contributed by atoms with van der Waals surface area (Å²) in [6, 6.07) is 19.9. The van der Waals surface area contributed by atoms with Crippen molar-refractivity contribution in [2.75, 3.05) is 12.4 Å². The van der Waals surface area contributed by atoms with Crippen LogP contribution in [0.1, 0.15) is 92.4 Å². The van der Waals surface area contributed by atoms with Crippen molar-refractivity contribution in [3.63, 3.8) is 0 Å². The Balaban J connectivity index is 1.15. The van der Waals surface area contributed by atoms with Crippen LogP contribution in [0.15, 0.2) is 60.7 Å². The molecule has 2 aromatic rings. The van der Waals surface area contributed by atoms with E-state index in [1.165, 1.54) is 14.7 Å². The quantitative estimate of drug-likeness (QED) is 0.153. The number of carbonyl (C=O) groups is 1. The first-order valence-electron chi connectivity index (χ1n) is 16.9. The molecule has 1 amide bonds. The summed E-state index contributed by atoms with van der Waals surface area (Å²) in [4.78, 5) is 13.9. The topological polar surface area (TPSA) is 89.8 Å². The Morgan fingerprint density at radius 2 is 1.64 bits per heavy atom. The number of hydroxylamine groups is 1. The number of benzene rings is 2. The molecule has 0 aromatic heterocycles. The van der Waals surface area contributed by atoms with Crippen molar-refractivity contribution in [2.45, 2.75) is 110 Å². The minimum absolute atomic E-state index is 0.0351. The molecule has 2 bridgehead atoms. The van der Waals surface area contributed by atoms with Crippen LogP contribution in [0.3, 0.4) is 0 Å². The summed E-state index contributed by atoms with van der Waals surface area (Å²) < 4.78 is 36.1. The Kier molecular flexibility index (Phi) is 8.39. The summed E-state index contributed by atoms with van der Waals surface area (Å²) in [6.07, 6.45) is 6.53. The molecule has 7 nitrogen and oxygen atoms in total. The number of rotatable bonds is 9. The summed E-state index contributed by atoms with van der Waals surface area (Å²) >= 11 is 0. The summed E-state index contributed by atoms with van der Waals surface area (Å²) in [5.41, 5.74) is 0.216. The van der Waals surface area contributed by atoms with E-state index in [2.05, 4.69) is 83.1 Å². The lowest BCUT2D eigenvalue weighted by atomic mass is 9.69. The Bertz CT molecular complexity index is 1510. The minimum atomic E-state index is -3.75. The number of fused-ring (bicyclic) bond motifs is 1. The fraction of sp³-hybridized carbons (Fsp3) is 0.611. The summed E-state index contributed by atoms with van der Waals surface area (Å²) in [6.45, 7) is 11.7. The van der Waals surface area contributed by atoms with Gasteiger partial charge < -0.3 is 9.63 Å². The van der Waals surface area contributed by atoms with Crippen molar-refractivity contribution >= 4 is 40.3 Å². The van der Waals surface area contributed by atoms with E-state index >= 15 is 0 Å². The van der Waals surface area contributed by atoms with Gasteiger partial charge in [0.1, 0.15) is 0 Å². The molecule has 45 heavy (non-hydrogen) atoms. The zero-order valence-corrected chi connectivity index (χ0v) is 29.4. The van der Waals surface area contributed by atoms with E-state index in [-0.39, 0.29) is 27.7 Å². The van der Waals surface area contributed by atoms with Crippen LogP contribution in [-0.2, 0) is 19.2 Å². The SMILES string of the molecule is CC1(C)[C@H]2CC[C@@]13CS(=O)(=O)N(C(=O)[C@@H]1CCCC(CCCCO[Si](c4ccccc4)(c4ccccc4)C(C)(C)C)=[N+]1[O-])C3C2. The third-order valence-electron chi connectivity index (χ3n) is 12.0. The number of unbranched alkanes of at least 4 members (excludes halogenated alkanes) is 1. The molecule has 3 fully saturated rings. The summed E-state index contributed by atoms with van der Waals surface area (Å²) in [5.74, 6) is -0.0356. The highest BCUT2D eigenvalue weighted by Crippen LogP contribution is 2.70. The number of sulfonamides is 1. The van der Waals surface area contributed by atoms with Crippen LogP contribution >= 0.6 is 0 Å². The second-order valence-electron chi connectivity index (χ2n) is 15.5. The lowest BCUT2D eigenvalue weighted by Crippen LogP contribution is -2.66. The van der Waals surface area contributed by atoms with Crippen LogP contribution in [0.2, 0.25) is 5.04 Å². The molecule has 0 N–H and O–H groups in total. The first-order valence-corrected chi connectivity index (χ1v) is 20.4. The molecular weight excluding hydrogens is 601 g/mol. The van der Waals surface area contributed by atoms with Gasteiger partial charge in [0.15, 0.2) is 5.71 Å². The van der Waals surface area contributed by atoms with Gasteiger partial charge in [-0.2, -0.15) is 0 Å². The predicted octanol–water partition coefficient (Wildman–Crippen LogP) is 5.60. The Morgan fingerprint density at radius 3 is 2.22 bits per heavy atom. The van der Waals surface area contributed by atoms with E-state index in [1.807, 2.05) is 12.1 Å². The largest absolute Gasteiger partial charge is 0.623 e. The van der Waals surface area contributed by atoms with Gasteiger partial charge >= 0.3 is 5.91 Å². The van der Waals surface area contributed by atoms with Gasteiger partial charge in [0, 0.05) is 31.3 Å². The average molecular weight is 651 g/mol. The molecule has 1 saturated heterocycles. The smallest absolute Gasteiger partial charge is 0.306 e. The van der Waals surface area contributed by atoms with Gasteiger partial charge in [0.2, 0.25) is 16.1 Å². The Labute approximate surface area is 270 Å². The van der Waals surface area contributed by atoms with Crippen LogP contribution in [0.25, 0.3) is 0 Å². The zero-order chi connectivity index (χ0) is 32.3. The maximum Gasteiger partial charge on any atom is 0.306 e. The average Bonchev–Trinajstić information content (AvgIpc) is 3.48. The molecule has 2 aromatic carbocycles. The first-order chi connectivity index (χ1) is 21.3. The standard InChI is InChI=1S/C36H50N2O5SSi/c1-34(2,3)45(29-17-8-6-9-18-29,30-19-10-7-11-20-30)43-24-13-12-15-28-16-14-21-31(37(28)40)33(39)38-32-25-27-22-23-36(32,35(27,4)5)26-44(38,41)42/h6-11,17-20,27,31-32H,12-16,21-26H2,1-5H3/t27-,31-,32?,36-/m0/s1. The molecule has 9 heteroatoms. The van der Waals surface area contributed by atoms with Crippen molar-refractivity contribution < 1.29 is 22.4 Å². The number of nitrogens with zero attached hydrogens (tertiary/aromatic N) is 2. The normalized spacial score (nSPS) is 28.8. The van der Waals surface area contributed by atoms with Crippen molar-refractivity contribution in [1.82, 2.24) is 4.31 Å². The van der Waals surface area contributed by atoms with Crippen molar-refractivity contribution in [3.05, 3.63) is 65.9 Å². The highest BCUT2D eigenvalue weighted by Gasteiger charge is 2.72. The third kappa shape index (κ3) is 5.12. The first kappa shape index (κ1) is 32.4. The number of carbonyl (C=O) groups excluding carboxylic acids is 1. The van der Waals surface area contributed by atoms with Gasteiger partial charge in [-0.3, -0.25) is 4.79 Å². The van der Waals surface area contributed by atoms with E-state index in [0.29, 0.717) is 37.5 Å². The molecule has 4 atom stereocenters. The van der Waals surface area contributed by atoms with E-state index in [4.69, 9.17) is 4.43 Å². The van der Waals surface area contributed by atoms with Crippen LogP contribution < -0.4 is 10.4 Å². The van der Waals surface area contributed by atoms with Gasteiger partial charge in [0.05, 0.1) is 11.8 Å². The molecule has 1 spiro atoms. The molecule has 2 heterocycles.